The predicted molar refractivity (Wildman–Crippen MR) is 109 cm³/mol. The Morgan fingerprint density at radius 3 is 1.41 bits per heavy atom. The molecule has 0 aliphatic rings. The zero-order chi connectivity index (χ0) is 27.0. The Kier molecular flexibility index (Phi) is 12.3. The largest absolute Gasteiger partial charge is 1.00 e. The third kappa shape index (κ3) is 8.34. The van der Waals surface area contributed by atoms with E-state index in [1.54, 1.807) is 0 Å². The topological polar surface area (TPSA) is 321 Å². The first kappa shape index (κ1) is 35.7. The van der Waals surface area contributed by atoms with Gasteiger partial charge < -0.3 is 9.11 Å². The summed E-state index contributed by atoms with van der Waals surface area (Å²) < 4.78 is 137. The Hall–Kier alpha value is -1.30. The van der Waals surface area contributed by atoms with Crippen LogP contribution in [0.1, 0.15) is 11.1 Å². The van der Waals surface area contributed by atoms with Crippen molar-refractivity contribution in [1.82, 2.24) is 0 Å². The van der Waals surface area contributed by atoms with Crippen molar-refractivity contribution in [1.29, 1.82) is 0 Å². The molecule has 0 radical (unpaired) electrons. The molecule has 2 aromatic rings. The van der Waals surface area contributed by atoms with E-state index in [-0.39, 0.29) is 59.1 Å². The molecule has 0 heterocycles. The van der Waals surface area contributed by atoms with Gasteiger partial charge in [0.1, 0.15) is 30.0 Å². The Bertz CT molecular complexity index is 1650. The number of benzene rings is 2. The van der Waals surface area contributed by atoms with E-state index >= 15 is 0 Å². The third-order valence-electron chi connectivity index (χ3n) is 4.11. The van der Waals surface area contributed by atoms with Gasteiger partial charge in [0.2, 0.25) is 0 Å². The molecule has 37 heavy (non-hydrogen) atoms. The van der Waals surface area contributed by atoms with Gasteiger partial charge in [0.05, 0.1) is 9.79 Å². The summed E-state index contributed by atoms with van der Waals surface area (Å²) in [6, 6.07) is 1.89. The summed E-state index contributed by atoms with van der Waals surface area (Å²) in [4.78, 5) is -1.90. The summed E-state index contributed by atoms with van der Waals surface area (Å²) in [6.45, 7) is 0. The molecule has 0 saturated heterocycles. The molecular formula is C13H8N6Na2O12S4. The van der Waals surface area contributed by atoms with Gasteiger partial charge >= 0.3 is 59.1 Å². The normalized spacial score (nSPS) is 11.8. The van der Waals surface area contributed by atoms with Gasteiger partial charge in [-0.15, -0.1) is 0 Å². The summed E-state index contributed by atoms with van der Waals surface area (Å²) in [7, 11) is -22.7. The molecule has 0 aliphatic carbocycles. The van der Waals surface area contributed by atoms with Crippen LogP contribution in [0.2, 0.25) is 0 Å². The number of hydrogen-bond donors (Lipinski definition) is 2. The van der Waals surface area contributed by atoms with Crippen LogP contribution in [-0.2, 0) is 46.9 Å². The second-order valence-electron chi connectivity index (χ2n) is 6.20. The molecule has 18 nitrogen and oxygen atoms in total. The van der Waals surface area contributed by atoms with E-state index in [4.69, 9.17) is 11.1 Å². The van der Waals surface area contributed by atoms with Crippen molar-refractivity contribution in [2.45, 2.75) is 26.0 Å². The number of hydrogen-bond acceptors (Lipinski definition) is 12. The second kappa shape index (κ2) is 12.7. The van der Waals surface area contributed by atoms with Crippen LogP contribution in [0, 0.1) is 0 Å². The maximum atomic E-state index is 12.0. The average molecular weight is 614 g/mol. The molecule has 0 saturated carbocycles. The summed E-state index contributed by atoms with van der Waals surface area (Å²) in [6.07, 6.45) is -1.39. The molecule has 188 valence electrons. The maximum absolute atomic E-state index is 12.0. The molecule has 0 bridgehead atoms. The molecule has 0 unspecified atom stereocenters. The standard InChI is InChI=1S/C13H10N6O12S4.2Na/c14-18-16-8-1-3-10(32(20,21)22)12(34(26,27)28)6(8)5-7-9(17-19-15)2-4-11(33(23,24)25)13(7)35(29,30)31;;/h1-4H,5H2,(H,20,21,22)(H,23,24,25)(H,26,27,28)(H,29,30,31);;/q;2*+1/p-2. The van der Waals surface area contributed by atoms with Crippen LogP contribution >= 0.6 is 0 Å². The molecule has 2 aromatic carbocycles. The van der Waals surface area contributed by atoms with E-state index in [9.17, 15) is 51.9 Å². The first-order chi connectivity index (χ1) is 15.8. The van der Waals surface area contributed by atoms with E-state index < -0.39 is 89.0 Å². The summed E-state index contributed by atoms with van der Waals surface area (Å²) >= 11 is 0. The zero-order valence-corrected chi connectivity index (χ0v) is 25.6. The molecule has 2 rings (SSSR count). The SMILES string of the molecule is [N-]=[N+]=Nc1ccc(S(=O)(=O)[O-])c(S(=O)(=O)[O-])c1Cc1c(N=[N+]=[N-])ccc(S(=O)(=O)O)c1S(=O)(=O)O.[Na+].[Na+]. The maximum Gasteiger partial charge on any atom is 1.00 e. The van der Waals surface area contributed by atoms with Crippen molar-refractivity contribution in [3.05, 3.63) is 56.3 Å². The number of azide groups is 2. The number of rotatable bonds is 8. The van der Waals surface area contributed by atoms with E-state index in [1.165, 1.54) is 0 Å². The van der Waals surface area contributed by atoms with Gasteiger partial charge in [0.25, 0.3) is 20.2 Å². The second-order valence-corrected chi connectivity index (χ2v) is 11.6. The smallest absolute Gasteiger partial charge is 0.744 e. The molecule has 0 spiro atoms. The zero-order valence-electron chi connectivity index (χ0n) is 18.3. The summed E-state index contributed by atoms with van der Waals surface area (Å²) in [5, 5.41) is 6.09. The number of nitrogens with zero attached hydrogens (tertiary/aromatic N) is 6. The monoisotopic (exact) mass is 614 g/mol. The van der Waals surface area contributed by atoms with Gasteiger partial charge in [-0.05, 0) is 34.3 Å². The fourth-order valence-corrected chi connectivity index (χ4v) is 6.98. The minimum atomic E-state index is -5.92. The molecule has 0 atom stereocenters. The van der Waals surface area contributed by atoms with Crippen LogP contribution in [0.3, 0.4) is 0 Å². The molecule has 2 N–H and O–H groups in total. The summed E-state index contributed by atoms with van der Waals surface area (Å²) in [5.74, 6) is 0. The van der Waals surface area contributed by atoms with Crippen LogP contribution in [0.15, 0.2) is 54.1 Å². The Morgan fingerprint density at radius 1 is 0.676 bits per heavy atom. The van der Waals surface area contributed by atoms with Crippen molar-refractivity contribution < 1.29 is 111 Å². The van der Waals surface area contributed by atoms with Crippen molar-refractivity contribution >= 4 is 51.8 Å². The minimum Gasteiger partial charge on any atom is -0.744 e. The molecular weight excluding hydrogens is 606 g/mol. The first-order valence-corrected chi connectivity index (χ1v) is 13.8. The quantitative estimate of drug-likeness (QED) is 0.0933. The van der Waals surface area contributed by atoms with Crippen LogP contribution < -0.4 is 59.1 Å². The molecule has 0 fully saturated rings. The van der Waals surface area contributed by atoms with Crippen molar-refractivity contribution in [3.8, 4) is 0 Å². The van der Waals surface area contributed by atoms with Gasteiger partial charge in [-0.25, -0.2) is 16.8 Å². The van der Waals surface area contributed by atoms with Gasteiger partial charge in [-0.2, -0.15) is 16.8 Å². The fourth-order valence-electron chi connectivity index (χ4n) is 2.95. The van der Waals surface area contributed by atoms with Gasteiger partial charge in [0.15, 0.2) is 0 Å². The van der Waals surface area contributed by atoms with Crippen LogP contribution in [-0.4, -0.2) is 51.9 Å². The van der Waals surface area contributed by atoms with E-state index in [0.717, 1.165) is 0 Å². The van der Waals surface area contributed by atoms with E-state index in [0.29, 0.717) is 24.3 Å². The Balaban J connectivity index is 0.00000648. The van der Waals surface area contributed by atoms with Crippen LogP contribution in [0.25, 0.3) is 20.9 Å². The summed E-state index contributed by atoms with van der Waals surface area (Å²) in [5.41, 5.74) is 13.6. The van der Waals surface area contributed by atoms with Crippen LogP contribution in [0.5, 0.6) is 0 Å². The van der Waals surface area contributed by atoms with Crippen molar-refractivity contribution in [2.75, 3.05) is 0 Å². The predicted octanol–water partition coefficient (Wildman–Crippen LogP) is -4.53. The van der Waals surface area contributed by atoms with Gasteiger partial charge in [0, 0.05) is 27.6 Å². The molecule has 24 heteroatoms. The molecule has 0 aliphatic heterocycles. The third-order valence-corrected chi connectivity index (χ3v) is 8.09. The van der Waals surface area contributed by atoms with Crippen molar-refractivity contribution in [3.63, 3.8) is 0 Å². The van der Waals surface area contributed by atoms with E-state index in [2.05, 4.69) is 20.1 Å². The Morgan fingerprint density at radius 2 is 1.08 bits per heavy atom. The van der Waals surface area contributed by atoms with Gasteiger partial charge in [-0.3, -0.25) is 9.11 Å². The van der Waals surface area contributed by atoms with Gasteiger partial charge in [-0.1, -0.05) is 22.4 Å². The van der Waals surface area contributed by atoms with Crippen molar-refractivity contribution in [2.24, 2.45) is 10.2 Å². The Labute approximate surface area is 252 Å². The molecule has 0 aromatic heterocycles. The van der Waals surface area contributed by atoms with E-state index in [1.807, 2.05) is 0 Å². The molecule has 0 amide bonds. The average Bonchev–Trinajstić information content (AvgIpc) is 2.66. The fraction of sp³-hybridized carbons (Fsp3) is 0.0769. The van der Waals surface area contributed by atoms with Crippen LogP contribution in [0.4, 0.5) is 11.4 Å². The first-order valence-electron chi connectivity index (χ1n) is 8.12. The minimum absolute atomic E-state index is 0.